The highest BCUT2D eigenvalue weighted by atomic mass is 28.2. The Labute approximate surface area is 128 Å². The van der Waals surface area contributed by atoms with Crippen molar-refractivity contribution < 1.29 is 14.5 Å². The number of fused-ring (bicyclic) bond motifs is 1. The number of aromatic nitrogens is 1. The molecule has 2 rings (SSSR count). The van der Waals surface area contributed by atoms with E-state index in [-0.39, 0.29) is 10.6 Å². The molecule has 0 amide bonds. The molecule has 3 N–H and O–H groups in total. The molecule has 0 atom stereocenters. The molecule has 0 spiro atoms. The lowest BCUT2D eigenvalue weighted by Crippen LogP contribution is -2.30. The first kappa shape index (κ1) is 16.3. The average Bonchev–Trinajstić information content (AvgIpc) is 2.78. The second-order valence-electron chi connectivity index (χ2n) is 6.86. The van der Waals surface area contributed by atoms with Gasteiger partial charge in [0.1, 0.15) is 0 Å². The van der Waals surface area contributed by atoms with Crippen LogP contribution in [0.4, 0.5) is 0 Å². The zero-order chi connectivity index (χ0) is 15.8. The van der Waals surface area contributed by atoms with Gasteiger partial charge in [0.25, 0.3) is 0 Å². The normalized spacial score (nSPS) is 12.9. The monoisotopic (exact) mass is 303 g/mol. The molecule has 4 nitrogen and oxygen atoms in total. The maximum absolute atomic E-state index is 9.23. The molecule has 0 fully saturated rings. The lowest BCUT2D eigenvalue weighted by atomic mass is 9.86. The van der Waals surface area contributed by atoms with Gasteiger partial charge in [0.15, 0.2) is 0 Å². The van der Waals surface area contributed by atoms with E-state index in [4.69, 9.17) is 4.43 Å². The summed E-state index contributed by atoms with van der Waals surface area (Å²) in [5.74, 6) is 0. The van der Waals surface area contributed by atoms with E-state index in [9.17, 15) is 10.0 Å². The Bertz CT molecular complexity index is 631. The van der Waals surface area contributed by atoms with E-state index in [0.717, 1.165) is 16.5 Å². The predicted molar refractivity (Wildman–Crippen MR) is 87.7 cm³/mol. The lowest BCUT2D eigenvalue weighted by Gasteiger charge is -2.29. The van der Waals surface area contributed by atoms with E-state index < -0.39 is 7.12 Å². The molecule has 1 aromatic heterocycles. The third-order valence-corrected chi connectivity index (χ3v) is 4.45. The highest BCUT2D eigenvalue weighted by Gasteiger charge is 2.26. The van der Waals surface area contributed by atoms with Gasteiger partial charge in [-0.15, -0.1) is 0 Å². The van der Waals surface area contributed by atoms with Crippen molar-refractivity contribution in [1.82, 2.24) is 4.98 Å². The van der Waals surface area contributed by atoms with E-state index in [1.165, 1.54) is 0 Å². The fraction of sp³-hybridized carbons (Fsp3) is 0.467. The minimum atomic E-state index is -1.48. The zero-order valence-electron chi connectivity index (χ0n) is 13.2. The van der Waals surface area contributed by atoms with Gasteiger partial charge in [-0.1, -0.05) is 26.8 Å². The Morgan fingerprint density at radius 2 is 1.76 bits per heavy atom. The first-order chi connectivity index (χ1) is 9.58. The van der Waals surface area contributed by atoms with Crippen molar-refractivity contribution in [3.8, 4) is 0 Å². The fourth-order valence-electron chi connectivity index (χ4n) is 2.01. The van der Waals surface area contributed by atoms with E-state index in [2.05, 4.69) is 39.6 Å². The van der Waals surface area contributed by atoms with Gasteiger partial charge in [0, 0.05) is 11.1 Å². The average molecular weight is 303 g/mol. The van der Waals surface area contributed by atoms with Crippen LogP contribution < -0.4 is 5.59 Å². The second-order valence-corrected chi connectivity index (χ2v) is 8.77. The van der Waals surface area contributed by atoms with Gasteiger partial charge in [-0.05, 0) is 48.0 Å². The molecule has 0 saturated heterocycles. The lowest BCUT2D eigenvalue weighted by molar-refractivity contribution is 0.109. The summed E-state index contributed by atoms with van der Waals surface area (Å²) in [5, 5.41) is 19.5. The van der Waals surface area contributed by atoms with Crippen molar-refractivity contribution in [2.24, 2.45) is 0 Å². The van der Waals surface area contributed by atoms with Crippen LogP contribution in [0.1, 0.15) is 40.2 Å². The highest BCUT2D eigenvalue weighted by molar-refractivity contribution is 6.58. The minimum absolute atomic E-state index is 0.142. The Morgan fingerprint density at radius 1 is 1.10 bits per heavy atom. The van der Waals surface area contributed by atoms with E-state index in [0.29, 0.717) is 15.4 Å². The Hall–Kier alpha value is -1.08. The molecule has 1 aromatic carbocycles. The molecule has 1 heterocycles. The number of rotatable bonds is 4. The molecular weight excluding hydrogens is 281 g/mol. The Kier molecular flexibility index (Phi) is 4.35. The molecule has 6 heteroatoms. The van der Waals surface area contributed by atoms with E-state index in [1.807, 2.05) is 18.2 Å². The van der Waals surface area contributed by atoms with Crippen LogP contribution >= 0.6 is 0 Å². The molecular formula is C15H22BNO3Si. The molecule has 2 radical (unpaired) electrons. The van der Waals surface area contributed by atoms with Crippen LogP contribution in [0.15, 0.2) is 24.3 Å². The van der Waals surface area contributed by atoms with Crippen molar-refractivity contribution in [2.45, 2.75) is 45.3 Å². The van der Waals surface area contributed by atoms with E-state index in [1.54, 1.807) is 6.07 Å². The van der Waals surface area contributed by atoms with Gasteiger partial charge in [0.2, 0.25) is 9.76 Å². The van der Waals surface area contributed by atoms with Crippen LogP contribution in [0.3, 0.4) is 0 Å². The van der Waals surface area contributed by atoms with Gasteiger partial charge in [0.05, 0.1) is 5.60 Å². The number of nitrogens with one attached hydrogen (secondary N) is 1. The molecule has 112 valence electrons. The molecule has 0 aliphatic heterocycles. The molecule has 2 aromatic rings. The standard InChI is InChI=1S/C15H22BNO3Si/c1-14(2,3)21-20-15(4,5)11-6-7-12-10(8-11)9-13(17-12)16(18)19/h6-9,17-19H,1-5H3. The smallest absolute Gasteiger partial charge is 0.422 e. The van der Waals surface area contributed by atoms with Crippen LogP contribution in [0.25, 0.3) is 10.9 Å². The summed E-state index contributed by atoms with van der Waals surface area (Å²) < 4.78 is 6.10. The summed E-state index contributed by atoms with van der Waals surface area (Å²) >= 11 is 0. The first-order valence-electron chi connectivity index (χ1n) is 7.03. The van der Waals surface area contributed by atoms with Gasteiger partial charge in [-0.25, -0.2) is 0 Å². The van der Waals surface area contributed by atoms with Crippen molar-refractivity contribution in [3.63, 3.8) is 0 Å². The zero-order valence-corrected chi connectivity index (χ0v) is 14.2. The molecule has 0 saturated carbocycles. The largest absolute Gasteiger partial charge is 0.505 e. The van der Waals surface area contributed by atoms with E-state index >= 15 is 0 Å². The van der Waals surface area contributed by atoms with Crippen molar-refractivity contribution in [3.05, 3.63) is 29.8 Å². The van der Waals surface area contributed by atoms with Gasteiger partial charge >= 0.3 is 7.12 Å². The Balaban J connectivity index is 2.28. The second kappa shape index (κ2) is 5.61. The summed E-state index contributed by atoms with van der Waals surface area (Å²) in [6, 6.07) is 7.75. The van der Waals surface area contributed by atoms with Crippen molar-refractivity contribution >= 4 is 33.4 Å². The summed E-state index contributed by atoms with van der Waals surface area (Å²) in [6.07, 6.45) is 0. The highest BCUT2D eigenvalue weighted by Crippen LogP contribution is 2.30. The van der Waals surface area contributed by atoms with Crippen molar-refractivity contribution in [2.75, 3.05) is 0 Å². The molecule has 0 bridgehead atoms. The molecule has 21 heavy (non-hydrogen) atoms. The van der Waals surface area contributed by atoms with Gasteiger partial charge in [-0.3, -0.25) is 0 Å². The number of aromatic amines is 1. The summed E-state index contributed by atoms with van der Waals surface area (Å²) in [5.41, 5.74) is 1.98. The summed E-state index contributed by atoms with van der Waals surface area (Å²) in [7, 11) is -1.07. The maximum atomic E-state index is 9.23. The van der Waals surface area contributed by atoms with Crippen LogP contribution in [-0.2, 0) is 10.0 Å². The van der Waals surface area contributed by atoms with Crippen LogP contribution in [0.2, 0.25) is 5.04 Å². The third-order valence-electron chi connectivity index (χ3n) is 3.23. The molecule has 0 aliphatic rings. The van der Waals surface area contributed by atoms with Crippen LogP contribution in [0, 0.1) is 0 Å². The predicted octanol–water partition coefficient (Wildman–Crippen LogP) is 1.94. The van der Waals surface area contributed by atoms with Crippen molar-refractivity contribution in [1.29, 1.82) is 0 Å². The minimum Gasteiger partial charge on any atom is -0.422 e. The maximum Gasteiger partial charge on any atom is 0.505 e. The number of benzene rings is 1. The SMILES string of the molecule is CC(C)(C)[Si]OC(C)(C)c1ccc2[nH]c(B(O)O)cc2c1. The summed E-state index contributed by atoms with van der Waals surface area (Å²) in [6.45, 7) is 10.6. The van der Waals surface area contributed by atoms with Crippen LogP contribution in [-0.4, -0.2) is 31.9 Å². The van der Waals surface area contributed by atoms with Gasteiger partial charge in [-0.2, -0.15) is 0 Å². The number of hydrogen-bond acceptors (Lipinski definition) is 3. The van der Waals surface area contributed by atoms with Gasteiger partial charge < -0.3 is 19.5 Å². The topological polar surface area (TPSA) is 65.5 Å². The fourth-order valence-corrected chi connectivity index (χ4v) is 2.69. The number of hydrogen-bond donors (Lipinski definition) is 3. The molecule has 0 unspecified atom stereocenters. The quantitative estimate of drug-likeness (QED) is 0.756. The first-order valence-corrected chi connectivity index (χ1v) is 7.94. The summed E-state index contributed by atoms with van der Waals surface area (Å²) in [4.78, 5) is 2.99. The third kappa shape index (κ3) is 3.97. The number of H-pyrrole nitrogens is 1. The molecule has 0 aliphatic carbocycles. The Morgan fingerprint density at radius 3 is 2.33 bits per heavy atom. The van der Waals surface area contributed by atoms with Crippen LogP contribution in [0.5, 0.6) is 0 Å².